The smallest absolute Gasteiger partial charge is 0.223 e. The lowest BCUT2D eigenvalue weighted by molar-refractivity contribution is -0.130. The summed E-state index contributed by atoms with van der Waals surface area (Å²) in [6, 6.07) is 3.89. The maximum Gasteiger partial charge on any atom is 0.223 e. The maximum atomic E-state index is 11.5. The van der Waals surface area contributed by atoms with Crippen molar-refractivity contribution in [2.45, 2.75) is 13.5 Å². The molecule has 0 unspecified atom stereocenters. The zero-order valence-electron chi connectivity index (χ0n) is 11.7. The van der Waals surface area contributed by atoms with Crippen molar-refractivity contribution in [1.82, 2.24) is 14.8 Å². The largest absolute Gasteiger partial charge is 0.369 e. The molecule has 2 rings (SSSR count). The standard InChI is InChI=1S/C14H20N4O2/c1-11(19)18-6-5-17(9-13(10-18)14(15)20)8-12-3-2-4-16-7-12/h2-4,7,13H,5-6,8-10H2,1H3,(H2,15,20)/t13-/m1/s1. The van der Waals surface area contributed by atoms with E-state index in [4.69, 9.17) is 5.73 Å². The summed E-state index contributed by atoms with van der Waals surface area (Å²) in [6.07, 6.45) is 3.54. The maximum absolute atomic E-state index is 11.5. The molecule has 2 heterocycles. The molecule has 20 heavy (non-hydrogen) atoms. The van der Waals surface area contributed by atoms with E-state index in [0.29, 0.717) is 26.2 Å². The SMILES string of the molecule is CC(=O)N1CCN(Cc2cccnc2)C[C@@H](C(N)=O)C1. The first-order chi connectivity index (χ1) is 9.56. The number of nitrogens with two attached hydrogens (primary N) is 1. The van der Waals surface area contributed by atoms with E-state index >= 15 is 0 Å². The number of carbonyl (C=O) groups excluding carboxylic acids is 2. The molecule has 2 amide bonds. The first kappa shape index (κ1) is 14.5. The van der Waals surface area contributed by atoms with Crippen molar-refractivity contribution in [2.24, 2.45) is 11.7 Å². The molecule has 0 bridgehead atoms. The Hall–Kier alpha value is -1.95. The van der Waals surface area contributed by atoms with Crippen LogP contribution in [0.4, 0.5) is 0 Å². The minimum atomic E-state index is -0.352. The van der Waals surface area contributed by atoms with Gasteiger partial charge in [-0.25, -0.2) is 0 Å². The fraction of sp³-hybridized carbons (Fsp3) is 0.500. The van der Waals surface area contributed by atoms with E-state index in [1.54, 1.807) is 11.1 Å². The Balaban J connectivity index is 2.06. The van der Waals surface area contributed by atoms with Gasteiger partial charge in [-0.3, -0.25) is 19.5 Å². The average Bonchev–Trinajstić information content (AvgIpc) is 2.63. The number of hydrogen-bond donors (Lipinski definition) is 1. The molecule has 108 valence electrons. The number of aromatic nitrogens is 1. The van der Waals surface area contributed by atoms with Crippen molar-refractivity contribution in [2.75, 3.05) is 26.2 Å². The normalized spacial score (nSPS) is 20.4. The molecular formula is C14H20N4O2. The van der Waals surface area contributed by atoms with E-state index in [2.05, 4.69) is 9.88 Å². The molecule has 1 aromatic rings. The van der Waals surface area contributed by atoms with Crippen molar-refractivity contribution < 1.29 is 9.59 Å². The van der Waals surface area contributed by atoms with E-state index in [-0.39, 0.29) is 17.7 Å². The molecule has 1 aromatic heterocycles. The minimum Gasteiger partial charge on any atom is -0.369 e. The summed E-state index contributed by atoms with van der Waals surface area (Å²) in [5.41, 5.74) is 6.53. The van der Waals surface area contributed by atoms with Crippen LogP contribution in [0.3, 0.4) is 0 Å². The lowest BCUT2D eigenvalue weighted by Gasteiger charge is -2.21. The van der Waals surface area contributed by atoms with Gasteiger partial charge >= 0.3 is 0 Å². The predicted octanol–water partition coefficient (Wildman–Crippen LogP) is -0.153. The highest BCUT2D eigenvalue weighted by Crippen LogP contribution is 2.12. The van der Waals surface area contributed by atoms with Crippen LogP contribution in [0.15, 0.2) is 24.5 Å². The second-order valence-corrected chi connectivity index (χ2v) is 5.16. The van der Waals surface area contributed by atoms with Crippen molar-refractivity contribution in [3.05, 3.63) is 30.1 Å². The fourth-order valence-electron chi connectivity index (χ4n) is 2.44. The van der Waals surface area contributed by atoms with Crippen LogP contribution in [-0.4, -0.2) is 52.8 Å². The lowest BCUT2D eigenvalue weighted by atomic mass is 10.1. The molecule has 0 spiro atoms. The van der Waals surface area contributed by atoms with E-state index in [0.717, 1.165) is 12.1 Å². The highest BCUT2D eigenvalue weighted by atomic mass is 16.2. The van der Waals surface area contributed by atoms with Crippen LogP contribution in [0.2, 0.25) is 0 Å². The quantitative estimate of drug-likeness (QED) is 0.832. The molecule has 6 heteroatoms. The van der Waals surface area contributed by atoms with Crippen LogP contribution in [0.1, 0.15) is 12.5 Å². The van der Waals surface area contributed by atoms with Crippen LogP contribution >= 0.6 is 0 Å². The summed E-state index contributed by atoms with van der Waals surface area (Å²) in [4.78, 5) is 31.0. The molecule has 1 saturated heterocycles. The van der Waals surface area contributed by atoms with Gasteiger partial charge in [0.1, 0.15) is 0 Å². The Kier molecular flexibility index (Phi) is 4.68. The Morgan fingerprint density at radius 2 is 2.20 bits per heavy atom. The predicted molar refractivity (Wildman–Crippen MR) is 74.5 cm³/mol. The molecular weight excluding hydrogens is 256 g/mol. The van der Waals surface area contributed by atoms with Gasteiger partial charge in [-0.1, -0.05) is 6.07 Å². The molecule has 2 N–H and O–H groups in total. The molecule has 1 fully saturated rings. The van der Waals surface area contributed by atoms with Gasteiger partial charge < -0.3 is 10.6 Å². The molecule has 1 aliphatic rings. The van der Waals surface area contributed by atoms with E-state index in [1.807, 2.05) is 18.3 Å². The van der Waals surface area contributed by atoms with Crippen molar-refractivity contribution >= 4 is 11.8 Å². The van der Waals surface area contributed by atoms with Gasteiger partial charge in [0.25, 0.3) is 0 Å². The van der Waals surface area contributed by atoms with Gasteiger partial charge in [-0.15, -0.1) is 0 Å². The Bertz CT molecular complexity index is 477. The molecule has 0 aliphatic carbocycles. The molecule has 0 radical (unpaired) electrons. The monoisotopic (exact) mass is 276 g/mol. The van der Waals surface area contributed by atoms with Crippen LogP contribution in [0.25, 0.3) is 0 Å². The zero-order chi connectivity index (χ0) is 14.5. The molecule has 0 aromatic carbocycles. The summed E-state index contributed by atoms with van der Waals surface area (Å²) in [5, 5.41) is 0. The number of nitrogens with zero attached hydrogens (tertiary/aromatic N) is 3. The summed E-state index contributed by atoms with van der Waals surface area (Å²) in [6.45, 7) is 4.58. The highest BCUT2D eigenvalue weighted by Gasteiger charge is 2.27. The van der Waals surface area contributed by atoms with Crippen molar-refractivity contribution in [3.8, 4) is 0 Å². The third-order valence-electron chi connectivity index (χ3n) is 3.58. The second kappa shape index (κ2) is 6.47. The van der Waals surface area contributed by atoms with Gasteiger partial charge in [0.15, 0.2) is 0 Å². The molecule has 6 nitrogen and oxygen atoms in total. The number of primary amides is 1. The van der Waals surface area contributed by atoms with E-state index in [9.17, 15) is 9.59 Å². The Morgan fingerprint density at radius 1 is 1.40 bits per heavy atom. The molecule has 1 aliphatic heterocycles. The van der Waals surface area contributed by atoms with Gasteiger partial charge in [-0.05, 0) is 11.6 Å². The first-order valence-corrected chi connectivity index (χ1v) is 6.72. The average molecular weight is 276 g/mol. The van der Waals surface area contributed by atoms with Gasteiger partial charge in [0.05, 0.1) is 5.92 Å². The number of amides is 2. The lowest BCUT2D eigenvalue weighted by Crippen LogP contribution is -2.39. The molecule has 0 saturated carbocycles. The summed E-state index contributed by atoms with van der Waals surface area (Å²) < 4.78 is 0. The van der Waals surface area contributed by atoms with Crippen LogP contribution < -0.4 is 5.73 Å². The summed E-state index contributed by atoms with van der Waals surface area (Å²) >= 11 is 0. The number of hydrogen-bond acceptors (Lipinski definition) is 4. The Morgan fingerprint density at radius 3 is 2.80 bits per heavy atom. The number of pyridine rings is 1. The zero-order valence-corrected chi connectivity index (χ0v) is 11.7. The highest BCUT2D eigenvalue weighted by molar-refractivity contribution is 5.79. The summed E-state index contributed by atoms with van der Waals surface area (Å²) in [7, 11) is 0. The third kappa shape index (κ3) is 3.77. The third-order valence-corrected chi connectivity index (χ3v) is 3.58. The van der Waals surface area contributed by atoms with Gasteiger partial charge in [0.2, 0.25) is 11.8 Å². The second-order valence-electron chi connectivity index (χ2n) is 5.16. The van der Waals surface area contributed by atoms with Crippen LogP contribution in [-0.2, 0) is 16.1 Å². The van der Waals surface area contributed by atoms with E-state index in [1.165, 1.54) is 6.92 Å². The summed E-state index contributed by atoms with van der Waals surface area (Å²) in [5.74, 6) is -0.688. The van der Waals surface area contributed by atoms with Crippen molar-refractivity contribution in [1.29, 1.82) is 0 Å². The van der Waals surface area contributed by atoms with Gasteiger partial charge in [-0.2, -0.15) is 0 Å². The minimum absolute atomic E-state index is 0.0144. The van der Waals surface area contributed by atoms with Gasteiger partial charge in [0, 0.05) is 52.0 Å². The number of carbonyl (C=O) groups is 2. The van der Waals surface area contributed by atoms with Crippen molar-refractivity contribution in [3.63, 3.8) is 0 Å². The fourth-order valence-corrected chi connectivity index (χ4v) is 2.44. The topological polar surface area (TPSA) is 79.5 Å². The molecule has 1 atom stereocenters. The van der Waals surface area contributed by atoms with E-state index < -0.39 is 0 Å². The van der Waals surface area contributed by atoms with Crippen LogP contribution in [0.5, 0.6) is 0 Å². The Labute approximate surface area is 118 Å². The number of rotatable bonds is 3. The van der Waals surface area contributed by atoms with Crippen LogP contribution in [0, 0.1) is 5.92 Å². The first-order valence-electron chi connectivity index (χ1n) is 6.72.